The third kappa shape index (κ3) is 3.33. The highest BCUT2D eigenvalue weighted by Crippen LogP contribution is 2.37. The molecule has 0 amide bonds. The van der Waals surface area contributed by atoms with Crippen molar-refractivity contribution in [1.82, 2.24) is 34.8 Å². The van der Waals surface area contributed by atoms with Crippen molar-refractivity contribution in [1.29, 1.82) is 0 Å². The number of anilines is 1. The maximum atomic E-state index is 14.6. The number of nitrogens with one attached hydrogen (secondary N) is 2. The van der Waals surface area contributed by atoms with Crippen LogP contribution in [-0.4, -0.2) is 41.3 Å². The van der Waals surface area contributed by atoms with Gasteiger partial charge < -0.3 is 9.88 Å². The minimum absolute atomic E-state index is 0.290. The summed E-state index contributed by atoms with van der Waals surface area (Å²) in [7, 11) is 0. The van der Waals surface area contributed by atoms with Crippen LogP contribution in [0.25, 0.3) is 39.3 Å². The summed E-state index contributed by atoms with van der Waals surface area (Å²) in [6.45, 7) is 0.696. The van der Waals surface area contributed by atoms with E-state index in [0.29, 0.717) is 40.8 Å². The largest absolute Gasteiger partial charge is 0.361 e. The van der Waals surface area contributed by atoms with Gasteiger partial charge in [-0.2, -0.15) is 10.2 Å². The molecule has 0 bridgehead atoms. The molecule has 5 heterocycles. The number of aromatic amines is 2. The monoisotopic (exact) mass is 482 g/mol. The Balaban J connectivity index is 1.25. The van der Waals surface area contributed by atoms with Gasteiger partial charge in [0.1, 0.15) is 17.5 Å². The number of rotatable bonds is 4. The molecule has 178 valence electrons. The Bertz CT molecular complexity index is 1730. The van der Waals surface area contributed by atoms with Gasteiger partial charge in [-0.1, -0.05) is 0 Å². The molecule has 1 atom stereocenters. The zero-order valence-corrected chi connectivity index (χ0v) is 19.0. The number of H-pyrrole nitrogens is 2. The van der Waals surface area contributed by atoms with Crippen molar-refractivity contribution in [2.75, 3.05) is 11.4 Å². The Labute approximate surface area is 203 Å². The van der Waals surface area contributed by atoms with Crippen LogP contribution in [0.2, 0.25) is 0 Å². The Kier molecular flexibility index (Phi) is 4.60. The standard InChI is InChI=1S/C26H20F2N8/c27-17-4-5-20(28)18(13-17)22-2-1-10-35(22)23-8-11-36-26(31-23)19(14-30-36)25-32-24(33-34-25)16-3-6-21-15(12-16)7-9-29-21/h3-9,11-14,22,29H,1-2,10H2,(H,32,33,34)/t22-/m1/s1. The molecule has 2 N–H and O–H groups in total. The lowest BCUT2D eigenvalue weighted by molar-refractivity contribution is 0.560. The second kappa shape index (κ2) is 7.98. The first kappa shape index (κ1) is 20.7. The molecule has 0 aliphatic carbocycles. The number of benzene rings is 2. The van der Waals surface area contributed by atoms with Gasteiger partial charge in [-0.3, -0.25) is 5.10 Å². The molecule has 0 saturated carbocycles. The Morgan fingerprint density at radius 3 is 2.89 bits per heavy atom. The van der Waals surface area contributed by atoms with Gasteiger partial charge in [0, 0.05) is 41.0 Å². The fourth-order valence-electron chi connectivity index (χ4n) is 5.02. The topological polar surface area (TPSA) is 90.8 Å². The van der Waals surface area contributed by atoms with Crippen molar-refractivity contribution >= 4 is 22.4 Å². The first-order chi connectivity index (χ1) is 17.6. The van der Waals surface area contributed by atoms with Crippen molar-refractivity contribution < 1.29 is 8.78 Å². The van der Waals surface area contributed by atoms with Gasteiger partial charge in [-0.05, 0) is 61.4 Å². The summed E-state index contributed by atoms with van der Waals surface area (Å²) in [5.41, 5.74) is 3.59. The molecule has 0 spiro atoms. The van der Waals surface area contributed by atoms with E-state index >= 15 is 0 Å². The third-order valence-electron chi connectivity index (χ3n) is 6.77. The van der Waals surface area contributed by atoms with Gasteiger partial charge in [0.25, 0.3) is 0 Å². The van der Waals surface area contributed by atoms with Crippen LogP contribution in [0.1, 0.15) is 24.4 Å². The van der Waals surface area contributed by atoms with Crippen molar-refractivity contribution in [3.05, 3.63) is 84.3 Å². The highest BCUT2D eigenvalue weighted by Gasteiger charge is 2.30. The molecule has 1 aliphatic rings. The van der Waals surface area contributed by atoms with E-state index in [2.05, 4.69) is 20.3 Å². The van der Waals surface area contributed by atoms with E-state index in [1.54, 1.807) is 10.7 Å². The smallest absolute Gasteiger partial charge is 0.181 e. The summed E-state index contributed by atoms with van der Waals surface area (Å²) < 4.78 is 30.1. The molecule has 0 radical (unpaired) electrons. The van der Waals surface area contributed by atoms with Crippen LogP contribution in [0.15, 0.2) is 67.1 Å². The normalized spacial score (nSPS) is 15.9. The molecule has 1 saturated heterocycles. The lowest BCUT2D eigenvalue weighted by atomic mass is 10.0. The zero-order valence-electron chi connectivity index (χ0n) is 19.0. The van der Waals surface area contributed by atoms with Gasteiger partial charge in [0.2, 0.25) is 0 Å². The second-order valence-corrected chi connectivity index (χ2v) is 8.92. The number of aromatic nitrogens is 7. The molecule has 6 aromatic rings. The van der Waals surface area contributed by atoms with Crippen LogP contribution in [0.4, 0.5) is 14.6 Å². The molecule has 7 rings (SSSR count). The number of nitrogens with zero attached hydrogens (tertiary/aromatic N) is 6. The van der Waals surface area contributed by atoms with Crippen molar-refractivity contribution in [3.8, 4) is 22.8 Å². The van der Waals surface area contributed by atoms with Crippen LogP contribution in [0.3, 0.4) is 0 Å². The molecule has 4 aromatic heterocycles. The van der Waals surface area contributed by atoms with E-state index in [9.17, 15) is 8.78 Å². The van der Waals surface area contributed by atoms with E-state index in [1.807, 2.05) is 47.6 Å². The Hall–Kier alpha value is -4.60. The van der Waals surface area contributed by atoms with Gasteiger partial charge in [-0.25, -0.2) is 23.3 Å². The molecular formula is C26H20F2N8. The minimum atomic E-state index is -0.448. The molecule has 2 aromatic carbocycles. The number of hydrogen-bond acceptors (Lipinski definition) is 5. The van der Waals surface area contributed by atoms with Crippen molar-refractivity contribution in [2.45, 2.75) is 18.9 Å². The Morgan fingerprint density at radius 1 is 1.00 bits per heavy atom. The maximum Gasteiger partial charge on any atom is 0.181 e. The van der Waals surface area contributed by atoms with Gasteiger partial charge in [0.15, 0.2) is 17.3 Å². The summed E-state index contributed by atoms with van der Waals surface area (Å²) in [6, 6.07) is 13.2. The van der Waals surface area contributed by atoms with Crippen LogP contribution >= 0.6 is 0 Å². The van der Waals surface area contributed by atoms with E-state index in [4.69, 9.17) is 9.97 Å². The fourth-order valence-corrected chi connectivity index (χ4v) is 5.02. The van der Waals surface area contributed by atoms with Crippen LogP contribution in [0.5, 0.6) is 0 Å². The van der Waals surface area contributed by atoms with Crippen LogP contribution in [0, 0.1) is 11.6 Å². The molecule has 0 unspecified atom stereocenters. The summed E-state index contributed by atoms with van der Waals surface area (Å²) >= 11 is 0. The average Bonchev–Trinajstić information content (AvgIpc) is 3.70. The fraction of sp³-hybridized carbons (Fsp3) is 0.154. The summed E-state index contributed by atoms with van der Waals surface area (Å²) in [5.74, 6) is 0.939. The third-order valence-corrected chi connectivity index (χ3v) is 6.77. The van der Waals surface area contributed by atoms with Crippen molar-refractivity contribution in [3.63, 3.8) is 0 Å². The van der Waals surface area contributed by atoms with Crippen molar-refractivity contribution in [2.24, 2.45) is 0 Å². The van der Waals surface area contributed by atoms with Gasteiger partial charge in [0.05, 0.1) is 17.8 Å². The Morgan fingerprint density at radius 2 is 1.94 bits per heavy atom. The second-order valence-electron chi connectivity index (χ2n) is 8.92. The first-order valence-corrected chi connectivity index (χ1v) is 11.7. The summed E-state index contributed by atoms with van der Waals surface area (Å²) in [5, 5.41) is 12.9. The number of hydrogen-bond donors (Lipinski definition) is 2. The molecule has 8 nitrogen and oxygen atoms in total. The van der Waals surface area contributed by atoms with E-state index in [0.717, 1.165) is 35.4 Å². The predicted octanol–water partition coefficient (Wildman–Crippen LogP) is 5.28. The van der Waals surface area contributed by atoms with E-state index in [-0.39, 0.29) is 6.04 Å². The number of halogens is 2. The lowest BCUT2D eigenvalue weighted by Crippen LogP contribution is -2.24. The SMILES string of the molecule is Fc1ccc(F)c([C@H]2CCCN2c2ccn3ncc(-c4nc(-c5ccc6[nH]ccc6c5)n[nH]4)c3n2)c1. The molecule has 10 heteroatoms. The van der Waals surface area contributed by atoms with Crippen LogP contribution in [-0.2, 0) is 0 Å². The molecule has 36 heavy (non-hydrogen) atoms. The minimum Gasteiger partial charge on any atom is -0.361 e. The molecule has 1 aliphatic heterocycles. The maximum absolute atomic E-state index is 14.6. The average molecular weight is 482 g/mol. The van der Waals surface area contributed by atoms with E-state index < -0.39 is 11.6 Å². The van der Waals surface area contributed by atoms with Gasteiger partial charge >= 0.3 is 0 Å². The highest BCUT2D eigenvalue weighted by molar-refractivity contribution is 5.84. The first-order valence-electron chi connectivity index (χ1n) is 11.7. The summed E-state index contributed by atoms with van der Waals surface area (Å²) in [4.78, 5) is 14.8. The van der Waals surface area contributed by atoms with Gasteiger partial charge in [-0.15, -0.1) is 0 Å². The lowest BCUT2D eigenvalue weighted by Gasteiger charge is -2.26. The van der Waals surface area contributed by atoms with E-state index in [1.165, 1.54) is 12.1 Å². The highest BCUT2D eigenvalue weighted by atomic mass is 19.1. The van der Waals surface area contributed by atoms with Crippen LogP contribution < -0.4 is 4.90 Å². The quantitative estimate of drug-likeness (QED) is 0.357. The molecular weight excluding hydrogens is 462 g/mol. The number of fused-ring (bicyclic) bond motifs is 2. The summed E-state index contributed by atoms with van der Waals surface area (Å²) in [6.07, 6.45) is 6.98. The predicted molar refractivity (Wildman–Crippen MR) is 131 cm³/mol. The zero-order chi connectivity index (χ0) is 24.2. The molecule has 1 fully saturated rings.